The number of carbonyl (C=O) groups is 1. The monoisotopic (exact) mass is 494 g/mol. The normalized spacial score (nSPS) is 30.5. The summed E-state index contributed by atoms with van der Waals surface area (Å²) >= 11 is 1.92. The van der Waals surface area contributed by atoms with Gasteiger partial charge in [-0.1, -0.05) is 13.8 Å². The first-order valence-electron chi connectivity index (χ1n) is 13.9. The molecular formula is C29H42N4OS. The predicted octanol–water partition coefficient (Wildman–Crippen LogP) is 6.27. The number of amides is 2. The van der Waals surface area contributed by atoms with Gasteiger partial charge in [-0.15, -0.1) is 11.3 Å². The molecule has 4 fully saturated rings. The number of carbonyl (C=O) groups excluding carboxylic acids is 1. The zero-order valence-electron chi connectivity index (χ0n) is 21.7. The van der Waals surface area contributed by atoms with Crippen molar-refractivity contribution in [3.8, 4) is 5.00 Å². The van der Waals surface area contributed by atoms with Crippen LogP contribution in [0.1, 0.15) is 87.3 Å². The Morgan fingerprint density at radius 3 is 2.37 bits per heavy atom. The first kappa shape index (κ1) is 23.6. The molecule has 3 heterocycles. The van der Waals surface area contributed by atoms with Gasteiger partial charge < -0.3 is 20.1 Å². The van der Waals surface area contributed by atoms with Crippen LogP contribution in [0.5, 0.6) is 0 Å². The molecule has 5 aliphatic rings. The van der Waals surface area contributed by atoms with Crippen molar-refractivity contribution in [2.75, 3.05) is 13.6 Å². The SMILES string of the molecule is CC(C)CC[C@@H](NC(=O)NC12CC3CC(CC(C3)C1)C2)c1c(-n2cccc2)sc2c1CCN(C)C2. The fraction of sp³-hybridized carbons (Fsp3) is 0.690. The van der Waals surface area contributed by atoms with E-state index in [1.54, 1.807) is 0 Å². The molecule has 4 bridgehead atoms. The second-order valence-corrected chi connectivity index (χ2v) is 13.7. The molecule has 2 aromatic rings. The number of aromatic nitrogens is 1. The van der Waals surface area contributed by atoms with E-state index in [1.807, 2.05) is 11.3 Å². The Bertz CT molecular complexity index is 1020. The van der Waals surface area contributed by atoms with Gasteiger partial charge in [-0.2, -0.15) is 0 Å². The van der Waals surface area contributed by atoms with Gasteiger partial charge in [0.15, 0.2) is 0 Å². The van der Waals surface area contributed by atoms with Crippen molar-refractivity contribution >= 4 is 17.4 Å². The number of fused-ring (bicyclic) bond motifs is 1. The lowest BCUT2D eigenvalue weighted by Crippen LogP contribution is -2.61. The fourth-order valence-electron chi connectivity index (χ4n) is 8.05. The Hall–Kier alpha value is -1.79. The van der Waals surface area contributed by atoms with Gasteiger partial charge in [0, 0.05) is 41.5 Å². The van der Waals surface area contributed by atoms with Crippen LogP contribution in [0.3, 0.4) is 0 Å². The van der Waals surface area contributed by atoms with Crippen molar-refractivity contribution in [3.63, 3.8) is 0 Å². The number of rotatable bonds is 7. The Labute approximate surface area is 214 Å². The highest BCUT2D eigenvalue weighted by atomic mass is 32.1. The number of likely N-dealkylation sites (N-methyl/N-ethyl adjacent to an activating group) is 1. The summed E-state index contributed by atoms with van der Waals surface area (Å²) in [4.78, 5) is 17.5. The number of thiophene rings is 1. The number of urea groups is 1. The Kier molecular flexibility index (Phi) is 6.24. The summed E-state index contributed by atoms with van der Waals surface area (Å²) in [6, 6.07) is 4.31. The summed E-state index contributed by atoms with van der Waals surface area (Å²) in [5, 5.41) is 8.42. The first-order valence-corrected chi connectivity index (χ1v) is 14.7. The summed E-state index contributed by atoms with van der Waals surface area (Å²) in [5.74, 6) is 3.11. The molecular weight excluding hydrogens is 452 g/mol. The van der Waals surface area contributed by atoms with Crippen molar-refractivity contribution in [3.05, 3.63) is 40.5 Å². The smallest absolute Gasteiger partial charge is 0.315 e. The van der Waals surface area contributed by atoms with Crippen LogP contribution in [0.15, 0.2) is 24.5 Å². The van der Waals surface area contributed by atoms with Crippen molar-refractivity contribution < 1.29 is 4.79 Å². The molecule has 0 saturated heterocycles. The van der Waals surface area contributed by atoms with Crippen molar-refractivity contribution in [2.45, 2.75) is 89.8 Å². The molecule has 1 atom stereocenters. The lowest BCUT2D eigenvalue weighted by atomic mass is 9.53. The minimum absolute atomic E-state index is 0.0431. The van der Waals surface area contributed by atoms with Gasteiger partial charge in [0.1, 0.15) is 5.00 Å². The summed E-state index contributed by atoms with van der Waals surface area (Å²) in [6.07, 6.45) is 15.2. The highest BCUT2D eigenvalue weighted by Gasteiger charge is 2.51. The Balaban J connectivity index is 1.29. The number of nitrogens with one attached hydrogen (secondary N) is 2. The Morgan fingerprint density at radius 2 is 1.74 bits per heavy atom. The van der Waals surface area contributed by atoms with Gasteiger partial charge in [0.25, 0.3) is 0 Å². The maximum atomic E-state index is 13.7. The molecule has 4 aliphatic carbocycles. The van der Waals surface area contributed by atoms with Crippen LogP contribution in [-0.2, 0) is 13.0 Å². The highest BCUT2D eigenvalue weighted by Crippen LogP contribution is 2.55. The Morgan fingerprint density at radius 1 is 1.09 bits per heavy atom. The molecule has 0 radical (unpaired) electrons. The maximum absolute atomic E-state index is 13.7. The van der Waals surface area contributed by atoms with Gasteiger partial charge >= 0.3 is 6.03 Å². The molecule has 2 N–H and O–H groups in total. The van der Waals surface area contributed by atoms with Crippen LogP contribution >= 0.6 is 11.3 Å². The third kappa shape index (κ3) is 4.69. The van der Waals surface area contributed by atoms with E-state index in [1.165, 1.54) is 59.5 Å². The molecule has 7 rings (SSSR count). The fourth-order valence-corrected chi connectivity index (χ4v) is 9.51. The average Bonchev–Trinajstić information content (AvgIpc) is 3.42. The van der Waals surface area contributed by atoms with Crippen LogP contribution in [0.4, 0.5) is 4.79 Å². The average molecular weight is 495 g/mol. The lowest BCUT2D eigenvalue weighted by molar-refractivity contribution is -0.0136. The van der Waals surface area contributed by atoms with Gasteiger partial charge in [0.05, 0.1) is 6.04 Å². The molecule has 1 aliphatic heterocycles. The zero-order chi connectivity index (χ0) is 24.2. The maximum Gasteiger partial charge on any atom is 0.315 e. The lowest BCUT2D eigenvalue weighted by Gasteiger charge is -2.56. The minimum atomic E-state index is 0.0431. The second-order valence-electron chi connectivity index (χ2n) is 12.6. The van der Waals surface area contributed by atoms with Crippen molar-refractivity contribution in [2.24, 2.45) is 23.7 Å². The summed E-state index contributed by atoms with van der Waals surface area (Å²) in [7, 11) is 2.21. The largest absolute Gasteiger partial charge is 0.333 e. The van der Waals surface area contributed by atoms with Crippen LogP contribution in [0, 0.1) is 23.7 Å². The molecule has 0 aromatic carbocycles. The summed E-state index contributed by atoms with van der Waals surface area (Å²) in [6.45, 7) is 6.66. The van der Waals surface area contributed by atoms with Crippen LogP contribution in [-0.4, -0.2) is 34.6 Å². The molecule has 2 amide bonds. The van der Waals surface area contributed by atoms with Crippen LogP contribution < -0.4 is 10.6 Å². The third-order valence-electron chi connectivity index (χ3n) is 9.21. The first-order chi connectivity index (χ1) is 16.9. The third-order valence-corrected chi connectivity index (χ3v) is 10.5. The highest BCUT2D eigenvalue weighted by molar-refractivity contribution is 7.15. The molecule has 35 heavy (non-hydrogen) atoms. The zero-order valence-corrected chi connectivity index (χ0v) is 22.5. The predicted molar refractivity (Wildman–Crippen MR) is 143 cm³/mol. The molecule has 190 valence electrons. The van der Waals surface area contributed by atoms with Gasteiger partial charge in [0.2, 0.25) is 0 Å². The molecule has 5 nitrogen and oxygen atoms in total. The van der Waals surface area contributed by atoms with Crippen molar-refractivity contribution in [1.82, 2.24) is 20.1 Å². The summed E-state index contributed by atoms with van der Waals surface area (Å²) < 4.78 is 2.26. The van der Waals surface area contributed by atoms with Crippen LogP contribution in [0.25, 0.3) is 5.00 Å². The topological polar surface area (TPSA) is 49.3 Å². The molecule has 0 spiro atoms. The van der Waals surface area contributed by atoms with E-state index in [0.29, 0.717) is 5.92 Å². The number of hydrogen-bond donors (Lipinski definition) is 2. The standard InChI is InChI=1S/C29H42N4OS/c1-19(2)6-7-24(30-28(34)31-29-15-20-12-21(16-29)14-22(13-20)17-29)26-23-8-11-32(3)18-25(23)35-27(26)33-9-4-5-10-33/h4-5,9-10,19-22,24H,6-8,11-18H2,1-3H3,(H2,30,31,34)/t20?,21?,22?,24-,29?/m1/s1. The van der Waals surface area contributed by atoms with E-state index in [-0.39, 0.29) is 17.6 Å². The van der Waals surface area contributed by atoms with Crippen LogP contribution in [0.2, 0.25) is 0 Å². The van der Waals surface area contributed by atoms with Gasteiger partial charge in [-0.25, -0.2) is 4.79 Å². The number of nitrogens with zero attached hydrogens (tertiary/aromatic N) is 2. The van der Waals surface area contributed by atoms with Gasteiger partial charge in [-0.3, -0.25) is 0 Å². The summed E-state index contributed by atoms with van der Waals surface area (Å²) in [5.41, 5.74) is 2.90. The van der Waals surface area contributed by atoms with Crippen molar-refractivity contribution in [1.29, 1.82) is 0 Å². The minimum Gasteiger partial charge on any atom is -0.333 e. The van der Waals surface area contributed by atoms with E-state index in [4.69, 9.17) is 0 Å². The molecule has 6 heteroatoms. The second kappa shape index (κ2) is 9.26. The number of hydrogen-bond acceptors (Lipinski definition) is 3. The van der Waals surface area contributed by atoms with E-state index >= 15 is 0 Å². The van der Waals surface area contributed by atoms with E-state index in [9.17, 15) is 4.79 Å². The van der Waals surface area contributed by atoms with E-state index in [2.05, 4.69) is 65.5 Å². The molecule has 4 saturated carbocycles. The molecule has 2 aromatic heterocycles. The van der Waals surface area contributed by atoms with E-state index < -0.39 is 0 Å². The molecule has 0 unspecified atom stereocenters. The van der Waals surface area contributed by atoms with Gasteiger partial charge in [-0.05, 0) is 106 Å². The quantitative estimate of drug-likeness (QED) is 0.476. The van der Waals surface area contributed by atoms with E-state index in [0.717, 1.165) is 50.1 Å².